The van der Waals surface area contributed by atoms with Gasteiger partial charge in [0.2, 0.25) is 0 Å². The van der Waals surface area contributed by atoms with Gasteiger partial charge in [0.1, 0.15) is 0 Å². The smallest absolute Gasteiger partial charge is 0.0591 e. The van der Waals surface area contributed by atoms with Crippen LogP contribution in [0.5, 0.6) is 0 Å². The van der Waals surface area contributed by atoms with Crippen molar-refractivity contribution in [3.63, 3.8) is 0 Å². The lowest BCUT2D eigenvalue weighted by molar-refractivity contribution is 0.118. The van der Waals surface area contributed by atoms with Crippen molar-refractivity contribution in [2.24, 2.45) is 17.8 Å². The van der Waals surface area contributed by atoms with Gasteiger partial charge in [0, 0.05) is 19.2 Å². The first-order chi connectivity index (χ1) is 7.75. The number of ether oxygens (including phenoxy) is 1. The molecule has 2 nitrogen and oxygen atoms in total. The summed E-state index contributed by atoms with van der Waals surface area (Å²) >= 11 is 0. The second-order valence-electron chi connectivity index (χ2n) is 5.97. The Morgan fingerprint density at radius 2 is 1.94 bits per heavy atom. The van der Waals surface area contributed by atoms with Gasteiger partial charge in [0.15, 0.2) is 0 Å². The highest BCUT2D eigenvalue weighted by molar-refractivity contribution is 4.80. The molecule has 2 rings (SSSR count). The number of hydrogen-bond donors (Lipinski definition) is 1. The van der Waals surface area contributed by atoms with Gasteiger partial charge in [0.05, 0.1) is 6.61 Å². The van der Waals surface area contributed by atoms with Crippen molar-refractivity contribution in [1.82, 2.24) is 5.32 Å². The van der Waals surface area contributed by atoms with Crippen molar-refractivity contribution in [2.45, 2.75) is 52.0 Å². The van der Waals surface area contributed by atoms with E-state index in [1.807, 2.05) is 0 Å². The second-order valence-corrected chi connectivity index (χ2v) is 5.97. The van der Waals surface area contributed by atoms with Gasteiger partial charge in [-0.05, 0) is 49.9 Å². The fraction of sp³-hybridized carbons (Fsp3) is 1.00. The average Bonchev–Trinajstić information content (AvgIpc) is 3.04. The Labute approximate surface area is 100 Å². The SMILES string of the molecule is CC1CCC(NCCOCC2CC2)C(C)C1. The Morgan fingerprint density at radius 1 is 1.12 bits per heavy atom. The molecule has 16 heavy (non-hydrogen) atoms. The number of hydrogen-bond acceptors (Lipinski definition) is 2. The molecule has 0 aromatic heterocycles. The number of rotatable bonds is 6. The van der Waals surface area contributed by atoms with E-state index in [9.17, 15) is 0 Å². The van der Waals surface area contributed by atoms with E-state index in [4.69, 9.17) is 4.74 Å². The van der Waals surface area contributed by atoms with E-state index in [2.05, 4.69) is 19.2 Å². The van der Waals surface area contributed by atoms with Gasteiger partial charge in [-0.3, -0.25) is 0 Å². The molecule has 3 atom stereocenters. The van der Waals surface area contributed by atoms with Gasteiger partial charge in [-0.1, -0.05) is 13.8 Å². The highest BCUT2D eigenvalue weighted by Crippen LogP contribution is 2.29. The van der Waals surface area contributed by atoms with Crippen LogP contribution in [0, 0.1) is 17.8 Å². The molecule has 2 aliphatic carbocycles. The van der Waals surface area contributed by atoms with Crippen molar-refractivity contribution in [2.75, 3.05) is 19.8 Å². The normalized spacial score (nSPS) is 35.2. The first kappa shape index (κ1) is 12.4. The van der Waals surface area contributed by atoms with E-state index >= 15 is 0 Å². The van der Waals surface area contributed by atoms with Crippen LogP contribution < -0.4 is 5.32 Å². The molecule has 0 heterocycles. The summed E-state index contributed by atoms with van der Waals surface area (Å²) in [7, 11) is 0. The van der Waals surface area contributed by atoms with Crippen LogP contribution in [0.15, 0.2) is 0 Å². The van der Waals surface area contributed by atoms with E-state index in [-0.39, 0.29) is 0 Å². The summed E-state index contributed by atoms with van der Waals surface area (Å²) < 4.78 is 5.64. The van der Waals surface area contributed by atoms with Crippen LogP contribution in [0.3, 0.4) is 0 Å². The van der Waals surface area contributed by atoms with Gasteiger partial charge in [0.25, 0.3) is 0 Å². The molecule has 2 aliphatic rings. The lowest BCUT2D eigenvalue weighted by atomic mass is 9.80. The number of nitrogens with one attached hydrogen (secondary N) is 1. The largest absolute Gasteiger partial charge is 0.380 e. The predicted molar refractivity (Wildman–Crippen MR) is 67.5 cm³/mol. The molecule has 0 radical (unpaired) electrons. The molecule has 0 saturated heterocycles. The predicted octanol–water partition coefficient (Wildman–Crippen LogP) is 2.83. The lowest BCUT2D eigenvalue weighted by Crippen LogP contribution is -2.40. The molecule has 94 valence electrons. The van der Waals surface area contributed by atoms with Crippen molar-refractivity contribution >= 4 is 0 Å². The van der Waals surface area contributed by atoms with Gasteiger partial charge in [-0.25, -0.2) is 0 Å². The molecule has 0 aliphatic heterocycles. The zero-order chi connectivity index (χ0) is 11.4. The molecular formula is C14H27NO. The second kappa shape index (κ2) is 6.02. The van der Waals surface area contributed by atoms with E-state index in [1.54, 1.807) is 0 Å². The summed E-state index contributed by atoms with van der Waals surface area (Å²) in [5.74, 6) is 2.67. The zero-order valence-electron chi connectivity index (χ0n) is 10.9. The van der Waals surface area contributed by atoms with Crippen molar-refractivity contribution in [1.29, 1.82) is 0 Å². The average molecular weight is 225 g/mol. The minimum atomic E-state index is 0.737. The van der Waals surface area contributed by atoms with Crippen molar-refractivity contribution < 1.29 is 4.74 Å². The highest BCUT2D eigenvalue weighted by Gasteiger charge is 2.24. The fourth-order valence-electron chi connectivity index (χ4n) is 2.82. The lowest BCUT2D eigenvalue weighted by Gasteiger charge is -2.33. The minimum absolute atomic E-state index is 0.737. The molecule has 2 saturated carbocycles. The Balaban J connectivity index is 1.51. The van der Waals surface area contributed by atoms with Gasteiger partial charge < -0.3 is 10.1 Å². The third-order valence-corrected chi connectivity index (χ3v) is 4.13. The van der Waals surface area contributed by atoms with Crippen LogP contribution in [0.4, 0.5) is 0 Å². The quantitative estimate of drug-likeness (QED) is 0.702. The monoisotopic (exact) mass is 225 g/mol. The van der Waals surface area contributed by atoms with Crippen LogP contribution in [0.25, 0.3) is 0 Å². The molecule has 3 unspecified atom stereocenters. The van der Waals surface area contributed by atoms with E-state index in [0.29, 0.717) is 0 Å². The Bertz CT molecular complexity index is 203. The third kappa shape index (κ3) is 4.06. The third-order valence-electron chi connectivity index (χ3n) is 4.13. The molecule has 2 fully saturated rings. The summed E-state index contributed by atoms with van der Waals surface area (Å²) in [6.45, 7) is 7.70. The van der Waals surface area contributed by atoms with Crippen molar-refractivity contribution in [3.8, 4) is 0 Å². The van der Waals surface area contributed by atoms with Crippen LogP contribution in [0.2, 0.25) is 0 Å². The van der Waals surface area contributed by atoms with Crippen LogP contribution >= 0.6 is 0 Å². The van der Waals surface area contributed by atoms with Crippen LogP contribution in [0.1, 0.15) is 46.0 Å². The molecular weight excluding hydrogens is 198 g/mol. The summed E-state index contributed by atoms with van der Waals surface area (Å²) in [4.78, 5) is 0. The molecule has 2 heteroatoms. The zero-order valence-corrected chi connectivity index (χ0v) is 10.9. The van der Waals surface area contributed by atoms with Gasteiger partial charge >= 0.3 is 0 Å². The molecule has 0 bridgehead atoms. The van der Waals surface area contributed by atoms with Gasteiger partial charge in [-0.15, -0.1) is 0 Å². The molecule has 0 aromatic carbocycles. The summed E-state index contributed by atoms with van der Waals surface area (Å²) in [6, 6.07) is 0.737. The minimum Gasteiger partial charge on any atom is -0.380 e. The first-order valence-corrected chi connectivity index (χ1v) is 7.07. The fourth-order valence-corrected chi connectivity index (χ4v) is 2.82. The maximum Gasteiger partial charge on any atom is 0.0591 e. The maximum atomic E-state index is 5.64. The van der Waals surface area contributed by atoms with E-state index < -0.39 is 0 Å². The molecule has 0 aromatic rings. The van der Waals surface area contributed by atoms with E-state index in [0.717, 1.165) is 43.6 Å². The summed E-state index contributed by atoms with van der Waals surface area (Å²) in [5.41, 5.74) is 0. The Kier molecular flexibility index (Phi) is 4.66. The van der Waals surface area contributed by atoms with Crippen LogP contribution in [-0.4, -0.2) is 25.8 Å². The topological polar surface area (TPSA) is 21.3 Å². The standard InChI is InChI=1S/C14H27NO/c1-11-3-6-14(12(2)9-11)15-7-8-16-10-13-4-5-13/h11-15H,3-10H2,1-2H3. The Morgan fingerprint density at radius 3 is 2.62 bits per heavy atom. The molecule has 0 amide bonds. The summed E-state index contributed by atoms with van der Waals surface area (Å²) in [6.07, 6.45) is 6.92. The van der Waals surface area contributed by atoms with Crippen LogP contribution in [-0.2, 0) is 4.74 Å². The first-order valence-electron chi connectivity index (χ1n) is 7.07. The molecule has 1 N–H and O–H groups in total. The maximum absolute atomic E-state index is 5.64. The van der Waals surface area contributed by atoms with Crippen molar-refractivity contribution in [3.05, 3.63) is 0 Å². The van der Waals surface area contributed by atoms with Gasteiger partial charge in [-0.2, -0.15) is 0 Å². The van der Waals surface area contributed by atoms with E-state index in [1.165, 1.54) is 32.1 Å². The molecule has 0 spiro atoms. The highest BCUT2D eigenvalue weighted by atomic mass is 16.5. The Hall–Kier alpha value is -0.0800. The summed E-state index contributed by atoms with van der Waals surface area (Å²) in [5, 5.41) is 3.66.